The van der Waals surface area contributed by atoms with Crippen molar-refractivity contribution in [3.63, 3.8) is 0 Å². The lowest BCUT2D eigenvalue weighted by Crippen LogP contribution is -2.25. The fourth-order valence-corrected chi connectivity index (χ4v) is 2.24. The van der Waals surface area contributed by atoms with E-state index in [1.165, 1.54) is 6.92 Å². The molecule has 0 aliphatic carbocycles. The Morgan fingerprint density at radius 2 is 1.64 bits per heavy atom. The molecule has 0 bridgehead atoms. The van der Waals surface area contributed by atoms with Gasteiger partial charge < -0.3 is 15.4 Å². The molecule has 5 heteroatoms. The number of nitrogens with one attached hydrogen (secondary N) is 2. The average molecular weight is 340 g/mol. The first-order valence-electron chi connectivity index (χ1n) is 8.44. The van der Waals surface area contributed by atoms with Crippen LogP contribution in [-0.2, 0) is 11.3 Å². The van der Waals surface area contributed by atoms with Crippen molar-refractivity contribution in [3.8, 4) is 5.75 Å². The zero-order valence-corrected chi connectivity index (χ0v) is 14.5. The van der Waals surface area contributed by atoms with E-state index in [0.29, 0.717) is 25.3 Å². The van der Waals surface area contributed by atoms with Gasteiger partial charge in [0, 0.05) is 25.6 Å². The fraction of sp³-hybridized carbons (Fsp3) is 0.300. The second kappa shape index (κ2) is 10.1. The van der Waals surface area contributed by atoms with E-state index in [2.05, 4.69) is 10.6 Å². The lowest BCUT2D eigenvalue weighted by atomic mass is 10.1. The smallest absolute Gasteiger partial charge is 0.251 e. The minimum absolute atomic E-state index is 0.0712. The molecule has 0 spiro atoms. The first-order chi connectivity index (χ1) is 12.1. The third-order valence-corrected chi connectivity index (χ3v) is 3.63. The zero-order valence-electron chi connectivity index (χ0n) is 14.5. The summed E-state index contributed by atoms with van der Waals surface area (Å²) in [6.45, 7) is 3.20. The van der Waals surface area contributed by atoms with Gasteiger partial charge >= 0.3 is 0 Å². The summed E-state index contributed by atoms with van der Waals surface area (Å²) in [7, 11) is 0. The van der Waals surface area contributed by atoms with E-state index >= 15 is 0 Å². The van der Waals surface area contributed by atoms with Crippen LogP contribution in [-0.4, -0.2) is 25.0 Å². The molecular weight excluding hydrogens is 316 g/mol. The van der Waals surface area contributed by atoms with E-state index in [4.69, 9.17) is 4.74 Å². The Morgan fingerprint density at radius 1 is 0.920 bits per heavy atom. The second-order valence-electron chi connectivity index (χ2n) is 5.73. The van der Waals surface area contributed by atoms with Crippen molar-refractivity contribution in [2.24, 2.45) is 0 Å². The molecule has 2 N–H and O–H groups in total. The van der Waals surface area contributed by atoms with Crippen molar-refractivity contribution in [2.45, 2.75) is 26.3 Å². The molecule has 0 aliphatic rings. The molecule has 0 aliphatic heterocycles. The molecule has 0 aromatic heterocycles. The van der Waals surface area contributed by atoms with Crippen LogP contribution in [0.4, 0.5) is 0 Å². The van der Waals surface area contributed by atoms with Gasteiger partial charge in [0.2, 0.25) is 5.91 Å². The van der Waals surface area contributed by atoms with Crippen molar-refractivity contribution in [3.05, 3.63) is 65.7 Å². The molecule has 25 heavy (non-hydrogen) atoms. The van der Waals surface area contributed by atoms with E-state index in [1.54, 1.807) is 12.1 Å². The van der Waals surface area contributed by atoms with E-state index in [-0.39, 0.29) is 11.8 Å². The van der Waals surface area contributed by atoms with E-state index in [0.717, 1.165) is 24.2 Å². The minimum atomic E-state index is -0.0879. The van der Waals surface area contributed by atoms with Crippen LogP contribution in [0.3, 0.4) is 0 Å². The molecular formula is C20H24N2O3. The van der Waals surface area contributed by atoms with Crippen molar-refractivity contribution in [1.29, 1.82) is 0 Å². The third-order valence-electron chi connectivity index (χ3n) is 3.63. The van der Waals surface area contributed by atoms with Crippen LogP contribution < -0.4 is 15.4 Å². The number of amides is 2. The van der Waals surface area contributed by atoms with Gasteiger partial charge in [0.15, 0.2) is 0 Å². The fourth-order valence-electron chi connectivity index (χ4n) is 2.24. The SMILES string of the molecule is CC(=O)NCc1ccc(C(=O)NCCCCOc2ccccc2)cc1. The summed E-state index contributed by atoms with van der Waals surface area (Å²) in [5.74, 6) is 0.707. The summed E-state index contributed by atoms with van der Waals surface area (Å²) in [4.78, 5) is 22.9. The van der Waals surface area contributed by atoms with Gasteiger partial charge in [-0.1, -0.05) is 30.3 Å². The lowest BCUT2D eigenvalue weighted by Gasteiger charge is -2.08. The Bertz CT molecular complexity index is 669. The standard InChI is InChI=1S/C20H24N2O3/c1-16(23)22-15-17-9-11-18(12-10-17)20(24)21-13-5-6-14-25-19-7-3-2-4-8-19/h2-4,7-12H,5-6,13-15H2,1H3,(H,21,24)(H,22,23). The summed E-state index contributed by atoms with van der Waals surface area (Å²) in [6, 6.07) is 16.9. The maximum Gasteiger partial charge on any atom is 0.251 e. The molecule has 2 rings (SSSR count). The van der Waals surface area contributed by atoms with Crippen molar-refractivity contribution < 1.29 is 14.3 Å². The molecule has 132 valence electrons. The average Bonchev–Trinajstić information content (AvgIpc) is 2.64. The highest BCUT2D eigenvalue weighted by Crippen LogP contribution is 2.09. The Labute approximate surface area is 148 Å². The molecule has 0 unspecified atom stereocenters. The quantitative estimate of drug-likeness (QED) is 0.690. The van der Waals surface area contributed by atoms with Crippen molar-refractivity contribution in [2.75, 3.05) is 13.2 Å². The molecule has 2 aromatic rings. The second-order valence-corrected chi connectivity index (χ2v) is 5.73. The van der Waals surface area contributed by atoms with Gasteiger partial charge in [-0.2, -0.15) is 0 Å². The summed E-state index contributed by atoms with van der Waals surface area (Å²) in [6.07, 6.45) is 1.74. The Hall–Kier alpha value is -2.82. The topological polar surface area (TPSA) is 67.4 Å². The zero-order chi connectivity index (χ0) is 17.9. The van der Waals surface area contributed by atoms with E-state index < -0.39 is 0 Å². The van der Waals surface area contributed by atoms with Gasteiger partial charge in [0.25, 0.3) is 5.91 Å². The van der Waals surface area contributed by atoms with Crippen molar-refractivity contribution in [1.82, 2.24) is 10.6 Å². The van der Waals surface area contributed by atoms with Gasteiger partial charge in [-0.15, -0.1) is 0 Å². The molecule has 2 amide bonds. The number of ether oxygens (including phenoxy) is 1. The highest BCUT2D eigenvalue weighted by atomic mass is 16.5. The molecule has 5 nitrogen and oxygen atoms in total. The van der Waals surface area contributed by atoms with E-state index in [1.807, 2.05) is 42.5 Å². The number of hydrogen-bond acceptors (Lipinski definition) is 3. The van der Waals surface area contributed by atoms with E-state index in [9.17, 15) is 9.59 Å². The predicted octanol–water partition coefficient (Wildman–Crippen LogP) is 2.91. The minimum Gasteiger partial charge on any atom is -0.494 e. The maximum atomic E-state index is 12.1. The summed E-state index contributed by atoms with van der Waals surface area (Å²) >= 11 is 0. The van der Waals surface area contributed by atoms with Crippen LogP contribution in [0.1, 0.15) is 35.7 Å². The highest BCUT2D eigenvalue weighted by Gasteiger charge is 2.05. The molecule has 0 saturated heterocycles. The number of carbonyl (C=O) groups is 2. The van der Waals surface area contributed by atoms with Crippen LogP contribution in [0.5, 0.6) is 5.75 Å². The molecule has 0 fully saturated rings. The third kappa shape index (κ3) is 7.08. The first kappa shape index (κ1) is 18.5. The van der Waals surface area contributed by atoms with Crippen LogP contribution in [0, 0.1) is 0 Å². The first-order valence-corrected chi connectivity index (χ1v) is 8.44. The van der Waals surface area contributed by atoms with Crippen LogP contribution in [0.15, 0.2) is 54.6 Å². The van der Waals surface area contributed by atoms with Gasteiger partial charge in [-0.3, -0.25) is 9.59 Å². The number of benzene rings is 2. The largest absolute Gasteiger partial charge is 0.494 e. The number of para-hydroxylation sites is 1. The van der Waals surface area contributed by atoms with Crippen LogP contribution in [0.2, 0.25) is 0 Å². The Kier molecular flexibility index (Phi) is 7.50. The summed E-state index contributed by atoms with van der Waals surface area (Å²) < 4.78 is 5.61. The van der Waals surface area contributed by atoms with Gasteiger partial charge in [-0.05, 0) is 42.7 Å². The molecule has 2 aromatic carbocycles. The molecule has 0 heterocycles. The number of hydrogen-bond donors (Lipinski definition) is 2. The number of unbranched alkanes of at least 4 members (excludes halogenated alkanes) is 1. The Morgan fingerprint density at radius 3 is 2.32 bits per heavy atom. The predicted molar refractivity (Wildman–Crippen MR) is 97.5 cm³/mol. The molecule has 0 saturated carbocycles. The normalized spacial score (nSPS) is 10.1. The van der Waals surface area contributed by atoms with Gasteiger partial charge in [-0.25, -0.2) is 0 Å². The van der Waals surface area contributed by atoms with Gasteiger partial charge in [0.1, 0.15) is 5.75 Å². The number of carbonyl (C=O) groups excluding carboxylic acids is 2. The summed E-state index contributed by atoms with van der Waals surface area (Å²) in [5.41, 5.74) is 1.58. The number of rotatable bonds is 9. The van der Waals surface area contributed by atoms with Crippen LogP contribution in [0.25, 0.3) is 0 Å². The molecule has 0 atom stereocenters. The Balaban J connectivity index is 1.62. The van der Waals surface area contributed by atoms with Gasteiger partial charge in [0.05, 0.1) is 6.61 Å². The highest BCUT2D eigenvalue weighted by molar-refractivity contribution is 5.94. The molecule has 0 radical (unpaired) electrons. The van der Waals surface area contributed by atoms with Crippen LogP contribution >= 0.6 is 0 Å². The van der Waals surface area contributed by atoms with Crippen molar-refractivity contribution >= 4 is 11.8 Å². The maximum absolute atomic E-state index is 12.1. The summed E-state index contributed by atoms with van der Waals surface area (Å²) in [5, 5.41) is 5.63. The monoisotopic (exact) mass is 340 g/mol. The lowest BCUT2D eigenvalue weighted by molar-refractivity contribution is -0.119.